The van der Waals surface area contributed by atoms with Crippen LogP contribution in [0.25, 0.3) is 10.4 Å². The van der Waals surface area contributed by atoms with E-state index in [1.165, 1.54) is 35.6 Å². The highest BCUT2D eigenvalue weighted by Crippen LogP contribution is 2.42. The molecule has 0 bridgehead atoms. The smallest absolute Gasteiger partial charge is 0.127 e. The molecule has 0 amide bonds. The predicted octanol–water partition coefficient (Wildman–Crippen LogP) is 3.53. The van der Waals surface area contributed by atoms with Crippen LogP contribution in [0.15, 0.2) is 54.6 Å². The fraction of sp³-hybridized carbons (Fsp3) is 0.360. The van der Waals surface area contributed by atoms with Crippen LogP contribution in [0, 0.1) is 11.6 Å². The summed E-state index contributed by atoms with van der Waals surface area (Å²) in [5, 5.41) is 40.1. The number of halogens is 2. The van der Waals surface area contributed by atoms with E-state index in [0.717, 1.165) is 15.3 Å². The summed E-state index contributed by atoms with van der Waals surface area (Å²) < 4.78 is 33.9. The molecule has 2 heterocycles. The van der Waals surface area contributed by atoms with Gasteiger partial charge in [0.1, 0.15) is 42.2 Å². The van der Waals surface area contributed by atoms with Crippen molar-refractivity contribution in [3.05, 3.63) is 82.2 Å². The zero-order valence-corrected chi connectivity index (χ0v) is 19.0. The lowest BCUT2D eigenvalue weighted by Crippen LogP contribution is -2.55. The van der Waals surface area contributed by atoms with Crippen LogP contribution in [0.5, 0.6) is 0 Å². The molecule has 1 saturated heterocycles. The van der Waals surface area contributed by atoms with Gasteiger partial charge < -0.3 is 25.2 Å². The summed E-state index contributed by atoms with van der Waals surface area (Å²) in [4.78, 5) is 1.80. The van der Waals surface area contributed by atoms with E-state index < -0.39 is 48.4 Å². The molecule has 33 heavy (non-hydrogen) atoms. The molecule has 0 saturated carbocycles. The fourth-order valence-electron chi connectivity index (χ4n) is 4.15. The first-order valence-corrected chi connectivity index (χ1v) is 11.4. The maximum absolute atomic E-state index is 15.0. The fourth-order valence-corrected chi connectivity index (χ4v) is 5.28. The molecular formula is C25H26F2O5S. The third kappa shape index (κ3) is 4.47. The number of aliphatic hydroxyl groups excluding tert-OH is 4. The Balaban J connectivity index is 1.68. The molecule has 8 heteroatoms. The molecule has 0 aliphatic carbocycles. The van der Waals surface area contributed by atoms with Crippen LogP contribution in [-0.2, 0) is 10.2 Å². The van der Waals surface area contributed by atoms with Crippen LogP contribution >= 0.6 is 11.3 Å². The van der Waals surface area contributed by atoms with Crippen LogP contribution in [0.3, 0.4) is 0 Å². The number of hydrogen-bond donors (Lipinski definition) is 4. The highest BCUT2D eigenvalue weighted by atomic mass is 32.1. The van der Waals surface area contributed by atoms with E-state index in [1.54, 1.807) is 18.2 Å². The van der Waals surface area contributed by atoms with Gasteiger partial charge in [0.25, 0.3) is 0 Å². The zero-order chi connectivity index (χ0) is 23.9. The van der Waals surface area contributed by atoms with Crippen molar-refractivity contribution >= 4 is 11.3 Å². The highest BCUT2D eigenvalue weighted by molar-refractivity contribution is 7.15. The van der Waals surface area contributed by atoms with E-state index in [2.05, 4.69) is 0 Å². The van der Waals surface area contributed by atoms with E-state index in [-0.39, 0.29) is 5.82 Å². The van der Waals surface area contributed by atoms with Crippen molar-refractivity contribution in [2.24, 2.45) is 0 Å². The minimum Gasteiger partial charge on any atom is -0.394 e. The first kappa shape index (κ1) is 23.9. The Morgan fingerprint density at radius 1 is 0.909 bits per heavy atom. The van der Waals surface area contributed by atoms with Gasteiger partial charge in [-0.1, -0.05) is 32.0 Å². The van der Waals surface area contributed by atoms with Gasteiger partial charge in [0.2, 0.25) is 0 Å². The maximum atomic E-state index is 15.0. The van der Waals surface area contributed by atoms with E-state index in [1.807, 2.05) is 26.0 Å². The summed E-state index contributed by atoms with van der Waals surface area (Å²) in [5.74, 6) is -0.756. The van der Waals surface area contributed by atoms with Crippen molar-refractivity contribution in [2.45, 2.75) is 49.8 Å². The standard InChI is InChI=1S/C25H26F2O5S/c1-25(2,20-10-9-19(33-20)13-3-6-15(26)7-4-13)16-11-14(5-8-17(16)27)24-23(31)22(30)21(29)18(12-28)32-24/h3-11,18,21-24,28-31H,12H2,1-2H3. The second kappa shape index (κ2) is 9.21. The van der Waals surface area contributed by atoms with Crippen molar-refractivity contribution in [1.82, 2.24) is 0 Å². The Morgan fingerprint density at radius 2 is 1.61 bits per heavy atom. The molecule has 0 spiro atoms. The van der Waals surface area contributed by atoms with E-state index in [4.69, 9.17) is 4.74 Å². The summed E-state index contributed by atoms with van der Waals surface area (Å²) in [7, 11) is 0. The predicted molar refractivity (Wildman–Crippen MR) is 121 cm³/mol. The van der Waals surface area contributed by atoms with Gasteiger partial charge in [-0.25, -0.2) is 8.78 Å². The van der Waals surface area contributed by atoms with Gasteiger partial charge in [-0.2, -0.15) is 0 Å². The third-order valence-electron chi connectivity index (χ3n) is 6.24. The van der Waals surface area contributed by atoms with Crippen LogP contribution in [-0.4, -0.2) is 51.4 Å². The van der Waals surface area contributed by atoms with Crippen LogP contribution in [0.2, 0.25) is 0 Å². The number of aliphatic hydroxyl groups is 4. The molecule has 4 N–H and O–H groups in total. The Morgan fingerprint density at radius 3 is 2.27 bits per heavy atom. The van der Waals surface area contributed by atoms with Crippen LogP contribution < -0.4 is 0 Å². The summed E-state index contributed by atoms with van der Waals surface area (Å²) in [6, 6.07) is 14.3. The SMILES string of the molecule is CC(C)(c1ccc(-c2ccc(F)cc2)s1)c1cc(C2OC(CO)C(O)C(O)C2O)ccc1F. The molecule has 176 valence electrons. The number of rotatable bonds is 5. The lowest BCUT2D eigenvalue weighted by molar-refractivity contribution is -0.231. The average Bonchev–Trinajstić information content (AvgIpc) is 3.30. The lowest BCUT2D eigenvalue weighted by Gasteiger charge is -2.40. The highest BCUT2D eigenvalue weighted by Gasteiger charge is 2.44. The van der Waals surface area contributed by atoms with Crippen LogP contribution in [0.4, 0.5) is 8.78 Å². The molecule has 1 aliphatic heterocycles. The zero-order valence-electron chi connectivity index (χ0n) is 18.2. The largest absolute Gasteiger partial charge is 0.394 e. The van der Waals surface area contributed by atoms with Crippen molar-refractivity contribution in [3.8, 4) is 10.4 Å². The van der Waals surface area contributed by atoms with Gasteiger partial charge in [0, 0.05) is 15.2 Å². The number of hydrogen-bond acceptors (Lipinski definition) is 6. The molecule has 1 aromatic heterocycles. The van der Waals surface area contributed by atoms with Crippen molar-refractivity contribution < 1.29 is 33.9 Å². The Kier molecular flexibility index (Phi) is 6.68. The molecular weight excluding hydrogens is 450 g/mol. The Labute approximate surface area is 194 Å². The maximum Gasteiger partial charge on any atom is 0.127 e. The monoisotopic (exact) mass is 476 g/mol. The van der Waals surface area contributed by atoms with E-state index >= 15 is 4.39 Å². The third-order valence-corrected chi connectivity index (χ3v) is 7.69. The summed E-state index contributed by atoms with van der Waals surface area (Å²) in [5.41, 5.74) is 0.895. The minimum absolute atomic E-state index is 0.317. The molecule has 1 fully saturated rings. The molecule has 5 unspecified atom stereocenters. The van der Waals surface area contributed by atoms with Gasteiger partial charge >= 0.3 is 0 Å². The van der Waals surface area contributed by atoms with Gasteiger partial charge in [-0.05, 0) is 53.1 Å². The molecule has 4 rings (SSSR count). The topological polar surface area (TPSA) is 90.2 Å². The second-order valence-corrected chi connectivity index (χ2v) is 9.87. The lowest BCUT2D eigenvalue weighted by atomic mass is 9.81. The average molecular weight is 477 g/mol. The second-order valence-electron chi connectivity index (χ2n) is 8.78. The van der Waals surface area contributed by atoms with Crippen molar-refractivity contribution in [3.63, 3.8) is 0 Å². The summed E-state index contributed by atoms with van der Waals surface area (Å²) >= 11 is 1.47. The summed E-state index contributed by atoms with van der Waals surface area (Å²) in [6.07, 6.45) is -6.53. The Hall–Kier alpha value is -2.20. The van der Waals surface area contributed by atoms with Crippen molar-refractivity contribution in [2.75, 3.05) is 6.61 Å². The van der Waals surface area contributed by atoms with Crippen LogP contribution in [0.1, 0.15) is 36.0 Å². The molecule has 1 aliphatic rings. The van der Waals surface area contributed by atoms with Gasteiger partial charge in [0.15, 0.2) is 0 Å². The number of ether oxygens (including phenoxy) is 1. The van der Waals surface area contributed by atoms with Gasteiger partial charge in [-0.15, -0.1) is 11.3 Å². The van der Waals surface area contributed by atoms with E-state index in [9.17, 15) is 24.8 Å². The van der Waals surface area contributed by atoms with Crippen molar-refractivity contribution in [1.29, 1.82) is 0 Å². The first-order chi connectivity index (χ1) is 15.6. The number of benzene rings is 2. The molecule has 5 atom stereocenters. The van der Waals surface area contributed by atoms with Gasteiger partial charge in [0.05, 0.1) is 6.61 Å². The molecule has 0 radical (unpaired) electrons. The number of thiophene rings is 1. The first-order valence-electron chi connectivity index (χ1n) is 10.6. The van der Waals surface area contributed by atoms with E-state index in [0.29, 0.717) is 11.1 Å². The normalized spacial score (nSPS) is 25.9. The quantitative estimate of drug-likeness (QED) is 0.452. The summed E-state index contributed by atoms with van der Waals surface area (Å²) in [6.45, 7) is 3.22. The minimum atomic E-state index is -1.52. The van der Waals surface area contributed by atoms with Gasteiger partial charge in [-0.3, -0.25) is 0 Å². The molecule has 2 aromatic carbocycles. The molecule has 3 aromatic rings. The Bertz CT molecular complexity index is 1110. The molecule has 5 nitrogen and oxygen atoms in total.